The molecule has 0 spiro atoms. The zero-order valence-electron chi connectivity index (χ0n) is 15.5. The van der Waals surface area contributed by atoms with Gasteiger partial charge in [-0.05, 0) is 87.4 Å². The van der Waals surface area contributed by atoms with E-state index < -0.39 is 6.03 Å². The van der Waals surface area contributed by atoms with Crippen LogP contribution in [0, 0.1) is 29.1 Å². The molecule has 0 radical (unpaired) electrons. The Labute approximate surface area is 155 Å². The van der Waals surface area contributed by atoms with Gasteiger partial charge in [0.15, 0.2) is 0 Å². The summed E-state index contributed by atoms with van der Waals surface area (Å²) in [4.78, 5) is 35.4. The molecule has 0 aromatic rings. The van der Waals surface area contributed by atoms with Crippen molar-refractivity contribution in [3.8, 4) is 0 Å². The second kappa shape index (κ2) is 6.86. The Balaban J connectivity index is 1.25. The van der Waals surface area contributed by atoms with Gasteiger partial charge in [-0.2, -0.15) is 0 Å². The monoisotopic (exact) mass is 361 g/mol. The Bertz CT molecular complexity index is 560. The van der Waals surface area contributed by atoms with Crippen LogP contribution in [0.15, 0.2) is 0 Å². The highest BCUT2D eigenvalue weighted by molar-refractivity contribution is 5.94. The van der Waals surface area contributed by atoms with Crippen molar-refractivity contribution >= 4 is 17.8 Å². The van der Waals surface area contributed by atoms with Crippen LogP contribution in [-0.2, 0) is 9.59 Å². The highest BCUT2D eigenvalue weighted by Gasteiger charge is 2.51. The molecule has 5 saturated carbocycles. The third kappa shape index (κ3) is 3.74. The minimum absolute atomic E-state index is 0.161. The molecule has 4 N–H and O–H groups in total. The van der Waals surface area contributed by atoms with Crippen LogP contribution in [0.25, 0.3) is 0 Å². The Morgan fingerprint density at radius 3 is 1.92 bits per heavy atom. The van der Waals surface area contributed by atoms with Crippen molar-refractivity contribution in [3.05, 3.63) is 0 Å². The lowest BCUT2D eigenvalue weighted by Crippen LogP contribution is -2.49. The fraction of sp³-hybridized carbons (Fsp3) is 0.850. The average Bonchev–Trinajstić information content (AvgIpc) is 2.52. The summed E-state index contributed by atoms with van der Waals surface area (Å²) < 4.78 is 0. The summed E-state index contributed by atoms with van der Waals surface area (Å²) in [7, 11) is 0. The molecule has 0 aliphatic heterocycles. The largest absolute Gasteiger partial charge is 0.353 e. The first-order chi connectivity index (χ1) is 12.4. The van der Waals surface area contributed by atoms with Crippen molar-refractivity contribution < 1.29 is 14.4 Å². The summed E-state index contributed by atoms with van der Waals surface area (Å²) in [6, 6.07) is -0.630. The van der Waals surface area contributed by atoms with E-state index in [0.717, 1.165) is 30.6 Å². The van der Waals surface area contributed by atoms with Crippen molar-refractivity contribution in [1.82, 2.24) is 10.6 Å². The van der Waals surface area contributed by atoms with Gasteiger partial charge < -0.3 is 11.1 Å². The molecule has 0 unspecified atom stereocenters. The summed E-state index contributed by atoms with van der Waals surface area (Å²) in [5, 5.41) is 5.40. The number of rotatable bonds is 4. The van der Waals surface area contributed by atoms with E-state index in [1.54, 1.807) is 0 Å². The van der Waals surface area contributed by atoms with Gasteiger partial charge >= 0.3 is 6.03 Å². The van der Waals surface area contributed by atoms with Crippen molar-refractivity contribution in [2.75, 3.05) is 0 Å². The average molecular weight is 361 g/mol. The van der Waals surface area contributed by atoms with Crippen LogP contribution in [0.1, 0.15) is 70.6 Å². The van der Waals surface area contributed by atoms with Crippen LogP contribution in [-0.4, -0.2) is 23.9 Å². The van der Waals surface area contributed by atoms with Crippen LogP contribution in [0.4, 0.5) is 4.79 Å². The summed E-state index contributed by atoms with van der Waals surface area (Å²) in [5.74, 6) is 2.36. The zero-order valence-corrected chi connectivity index (χ0v) is 15.5. The third-order valence-corrected chi connectivity index (χ3v) is 7.41. The number of nitrogens with one attached hydrogen (secondary N) is 2. The topological polar surface area (TPSA) is 101 Å². The van der Waals surface area contributed by atoms with Gasteiger partial charge in [0.2, 0.25) is 11.8 Å². The minimum atomic E-state index is -0.791. The minimum Gasteiger partial charge on any atom is -0.353 e. The number of hydrogen-bond donors (Lipinski definition) is 3. The number of carbonyl (C=O) groups excluding carboxylic acids is 3. The first-order valence-corrected chi connectivity index (χ1v) is 10.3. The van der Waals surface area contributed by atoms with E-state index in [4.69, 9.17) is 5.73 Å². The summed E-state index contributed by atoms with van der Waals surface area (Å²) in [6.07, 6.45) is 11.6. The molecule has 5 rings (SSSR count). The number of hydrogen-bond acceptors (Lipinski definition) is 3. The number of carbonyl (C=O) groups is 3. The van der Waals surface area contributed by atoms with Gasteiger partial charge in [0.1, 0.15) is 0 Å². The first-order valence-electron chi connectivity index (χ1n) is 10.3. The van der Waals surface area contributed by atoms with Gasteiger partial charge in [0.25, 0.3) is 0 Å². The highest BCUT2D eigenvalue weighted by Crippen LogP contribution is 2.61. The van der Waals surface area contributed by atoms with E-state index >= 15 is 0 Å². The molecule has 0 saturated heterocycles. The Hall–Kier alpha value is -1.59. The maximum atomic E-state index is 12.7. The lowest BCUT2D eigenvalue weighted by atomic mass is 9.49. The predicted octanol–water partition coefficient (Wildman–Crippen LogP) is 2.46. The number of imide groups is 1. The van der Waals surface area contributed by atoms with E-state index in [9.17, 15) is 14.4 Å². The third-order valence-electron chi connectivity index (χ3n) is 7.41. The smallest absolute Gasteiger partial charge is 0.318 e. The van der Waals surface area contributed by atoms with Gasteiger partial charge in [-0.15, -0.1) is 0 Å². The SMILES string of the molecule is NC(=O)NC(=O)C1CCC(NC(=O)CC23CC4CC(CC(C4)C2)C3)CC1. The lowest BCUT2D eigenvalue weighted by Gasteiger charge is -2.56. The second-order valence-corrected chi connectivity index (χ2v) is 9.56. The molecule has 5 fully saturated rings. The van der Waals surface area contributed by atoms with E-state index in [1.165, 1.54) is 38.5 Å². The molecule has 6 heteroatoms. The van der Waals surface area contributed by atoms with Gasteiger partial charge in [0.05, 0.1) is 0 Å². The molecular formula is C20H31N3O3. The van der Waals surface area contributed by atoms with Crippen LogP contribution in [0.5, 0.6) is 0 Å². The van der Waals surface area contributed by atoms with Crippen molar-refractivity contribution in [2.45, 2.75) is 76.7 Å². The molecule has 0 aromatic heterocycles. The van der Waals surface area contributed by atoms with Crippen LogP contribution in [0.3, 0.4) is 0 Å². The standard InChI is InChI=1S/C20H31N3O3/c21-19(26)23-18(25)15-1-3-16(4-2-15)22-17(24)11-20-8-12-5-13(9-20)7-14(6-12)10-20/h12-16H,1-11H2,(H,22,24)(H3,21,23,25,26). The van der Waals surface area contributed by atoms with Gasteiger partial charge in [0, 0.05) is 18.4 Å². The molecule has 5 aliphatic rings. The lowest BCUT2D eigenvalue weighted by molar-refractivity contribution is -0.130. The maximum Gasteiger partial charge on any atom is 0.318 e. The maximum absolute atomic E-state index is 12.7. The number of amides is 4. The number of primary amides is 1. The summed E-state index contributed by atoms with van der Waals surface area (Å²) in [5.41, 5.74) is 5.28. The molecule has 144 valence electrons. The predicted molar refractivity (Wildman–Crippen MR) is 96.8 cm³/mol. The van der Waals surface area contributed by atoms with Gasteiger partial charge in [-0.1, -0.05) is 0 Å². The fourth-order valence-corrected chi connectivity index (χ4v) is 6.85. The molecule has 6 nitrogen and oxygen atoms in total. The molecule has 0 atom stereocenters. The van der Waals surface area contributed by atoms with Crippen molar-refractivity contribution in [2.24, 2.45) is 34.8 Å². The molecule has 5 aliphatic carbocycles. The van der Waals surface area contributed by atoms with Gasteiger partial charge in [-0.3, -0.25) is 14.9 Å². The van der Waals surface area contributed by atoms with Crippen LogP contribution >= 0.6 is 0 Å². The molecule has 4 amide bonds. The van der Waals surface area contributed by atoms with Crippen LogP contribution in [0.2, 0.25) is 0 Å². The fourth-order valence-electron chi connectivity index (χ4n) is 6.85. The first kappa shape index (κ1) is 17.8. The molecule has 26 heavy (non-hydrogen) atoms. The van der Waals surface area contributed by atoms with E-state index in [0.29, 0.717) is 19.3 Å². The molecule has 0 heterocycles. The normalized spacial score (nSPS) is 40.8. The highest BCUT2D eigenvalue weighted by atomic mass is 16.2. The van der Waals surface area contributed by atoms with E-state index in [1.807, 2.05) is 0 Å². The Morgan fingerprint density at radius 1 is 0.885 bits per heavy atom. The van der Waals surface area contributed by atoms with E-state index in [2.05, 4.69) is 10.6 Å². The number of nitrogens with two attached hydrogens (primary N) is 1. The number of urea groups is 1. The van der Waals surface area contributed by atoms with Crippen LogP contribution < -0.4 is 16.4 Å². The summed E-state index contributed by atoms with van der Waals surface area (Å²) >= 11 is 0. The molecule has 4 bridgehead atoms. The summed E-state index contributed by atoms with van der Waals surface area (Å²) in [6.45, 7) is 0. The van der Waals surface area contributed by atoms with Gasteiger partial charge in [-0.25, -0.2) is 4.79 Å². The molecular weight excluding hydrogens is 330 g/mol. The zero-order chi connectivity index (χ0) is 18.3. The van der Waals surface area contributed by atoms with E-state index in [-0.39, 0.29) is 29.2 Å². The second-order valence-electron chi connectivity index (χ2n) is 9.56. The Morgan fingerprint density at radius 2 is 1.42 bits per heavy atom. The quantitative estimate of drug-likeness (QED) is 0.717. The van der Waals surface area contributed by atoms with Crippen molar-refractivity contribution in [3.63, 3.8) is 0 Å². The molecule has 0 aromatic carbocycles. The Kier molecular flexibility index (Phi) is 4.70. The van der Waals surface area contributed by atoms with Crippen molar-refractivity contribution in [1.29, 1.82) is 0 Å².